The number of carbonyl (C=O) groups is 1. The van der Waals surface area contributed by atoms with Crippen molar-refractivity contribution in [2.24, 2.45) is 5.73 Å². The number of hydrogen-bond acceptors (Lipinski definition) is 3. The van der Waals surface area contributed by atoms with Crippen LogP contribution in [0.4, 0.5) is 4.39 Å². The lowest BCUT2D eigenvalue weighted by Crippen LogP contribution is -2.27. The minimum atomic E-state index is -0.615. The van der Waals surface area contributed by atoms with E-state index in [0.717, 1.165) is 5.56 Å². The average Bonchev–Trinajstić information content (AvgIpc) is 2.99. The van der Waals surface area contributed by atoms with Crippen LogP contribution in [0.5, 0.6) is 0 Å². The number of nitrogens with one attached hydrogen (secondary N) is 2. The second-order valence-corrected chi connectivity index (χ2v) is 4.43. The first-order valence-corrected chi connectivity index (χ1v) is 6.40. The van der Waals surface area contributed by atoms with Gasteiger partial charge in [-0.25, -0.2) is 4.39 Å². The molecular weight excluding hydrogens is 271 g/mol. The fraction of sp³-hybridized carbons (Fsp3) is 0.200. The summed E-state index contributed by atoms with van der Waals surface area (Å²) >= 11 is 0. The van der Waals surface area contributed by atoms with Crippen molar-refractivity contribution >= 4 is 5.91 Å². The van der Waals surface area contributed by atoms with Gasteiger partial charge in [-0.3, -0.25) is 9.89 Å². The molecular formula is C15H15FN4O. The quantitative estimate of drug-likeness (QED) is 0.745. The number of hydrogen-bond donors (Lipinski definition) is 3. The number of nitrogens with two attached hydrogens (primary N) is 1. The first-order chi connectivity index (χ1) is 10.1. The zero-order chi connectivity index (χ0) is 15.2. The number of rotatable bonds is 3. The van der Waals surface area contributed by atoms with Crippen LogP contribution in [-0.2, 0) is 0 Å². The van der Waals surface area contributed by atoms with Gasteiger partial charge in [-0.2, -0.15) is 5.10 Å². The smallest absolute Gasteiger partial charge is 0.254 e. The summed E-state index contributed by atoms with van der Waals surface area (Å²) in [5.74, 6) is 4.25. The summed E-state index contributed by atoms with van der Waals surface area (Å²) in [6.45, 7) is 1.99. The highest BCUT2D eigenvalue weighted by atomic mass is 19.1. The Labute approximate surface area is 121 Å². The third-order valence-corrected chi connectivity index (χ3v) is 2.92. The van der Waals surface area contributed by atoms with E-state index in [-0.39, 0.29) is 18.2 Å². The molecule has 2 aromatic rings. The maximum Gasteiger partial charge on any atom is 0.254 e. The highest BCUT2D eigenvalue weighted by molar-refractivity contribution is 5.94. The number of carbonyl (C=O) groups excluding carboxylic acids is 1. The Morgan fingerprint density at radius 2 is 2.38 bits per heavy atom. The predicted molar refractivity (Wildman–Crippen MR) is 76.8 cm³/mol. The molecule has 1 aromatic heterocycles. The molecule has 21 heavy (non-hydrogen) atoms. The van der Waals surface area contributed by atoms with Gasteiger partial charge in [0.25, 0.3) is 5.91 Å². The molecule has 1 aromatic carbocycles. The number of benzene rings is 1. The first kappa shape index (κ1) is 14.8. The number of nitrogens with zero attached hydrogens (tertiary/aromatic N) is 1. The molecule has 1 heterocycles. The van der Waals surface area contributed by atoms with Crippen molar-refractivity contribution in [2.45, 2.75) is 13.0 Å². The molecule has 0 aliphatic carbocycles. The lowest BCUT2D eigenvalue weighted by Gasteiger charge is -2.12. The summed E-state index contributed by atoms with van der Waals surface area (Å²) in [6, 6.07) is 3.95. The average molecular weight is 286 g/mol. The second-order valence-electron chi connectivity index (χ2n) is 4.43. The van der Waals surface area contributed by atoms with Crippen molar-refractivity contribution in [3.63, 3.8) is 0 Å². The van der Waals surface area contributed by atoms with Crippen LogP contribution in [-0.4, -0.2) is 22.6 Å². The maximum atomic E-state index is 13.9. The molecule has 108 valence electrons. The Morgan fingerprint density at radius 3 is 3.00 bits per heavy atom. The van der Waals surface area contributed by atoms with Gasteiger partial charge in [-0.05, 0) is 25.1 Å². The molecule has 0 spiro atoms. The molecule has 0 saturated carbocycles. The largest absolute Gasteiger partial charge is 0.345 e. The third kappa shape index (κ3) is 3.68. The van der Waals surface area contributed by atoms with Crippen LogP contribution < -0.4 is 11.1 Å². The normalized spacial score (nSPS) is 11.4. The molecule has 0 aliphatic rings. The van der Waals surface area contributed by atoms with E-state index in [1.165, 1.54) is 12.1 Å². The van der Waals surface area contributed by atoms with Crippen molar-refractivity contribution in [1.29, 1.82) is 0 Å². The third-order valence-electron chi connectivity index (χ3n) is 2.92. The number of aromatic amines is 1. The van der Waals surface area contributed by atoms with Crippen LogP contribution >= 0.6 is 0 Å². The van der Waals surface area contributed by atoms with Crippen LogP contribution in [0.1, 0.15) is 34.5 Å². The van der Waals surface area contributed by atoms with Gasteiger partial charge < -0.3 is 11.1 Å². The van der Waals surface area contributed by atoms with Crippen LogP contribution in [0.2, 0.25) is 0 Å². The van der Waals surface area contributed by atoms with Gasteiger partial charge in [0, 0.05) is 17.3 Å². The molecule has 0 radical (unpaired) electrons. The Balaban J connectivity index is 2.12. The van der Waals surface area contributed by atoms with Gasteiger partial charge in [0.2, 0.25) is 0 Å². The summed E-state index contributed by atoms with van der Waals surface area (Å²) in [4.78, 5) is 12.1. The van der Waals surface area contributed by atoms with E-state index in [0.29, 0.717) is 5.56 Å². The van der Waals surface area contributed by atoms with Crippen molar-refractivity contribution in [3.05, 3.63) is 53.1 Å². The molecule has 4 N–H and O–H groups in total. The topological polar surface area (TPSA) is 83.8 Å². The molecule has 0 saturated heterocycles. The van der Waals surface area contributed by atoms with E-state index in [1.807, 2.05) is 0 Å². The molecule has 1 atom stereocenters. The van der Waals surface area contributed by atoms with E-state index >= 15 is 0 Å². The molecule has 1 unspecified atom stereocenters. The van der Waals surface area contributed by atoms with Gasteiger partial charge in [0.1, 0.15) is 5.82 Å². The van der Waals surface area contributed by atoms with E-state index in [4.69, 9.17) is 5.73 Å². The zero-order valence-electron chi connectivity index (χ0n) is 11.5. The molecule has 0 bridgehead atoms. The summed E-state index contributed by atoms with van der Waals surface area (Å²) in [5.41, 5.74) is 6.53. The lowest BCUT2D eigenvalue weighted by molar-refractivity contribution is 0.0936. The van der Waals surface area contributed by atoms with Gasteiger partial charge in [0.05, 0.1) is 24.3 Å². The molecule has 5 nitrogen and oxygen atoms in total. The Morgan fingerprint density at radius 1 is 1.57 bits per heavy atom. The monoisotopic (exact) mass is 286 g/mol. The minimum Gasteiger partial charge on any atom is -0.345 e. The molecule has 0 fully saturated rings. The maximum absolute atomic E-state index is 13.9. The van der Waals surface area contributed by atoms with Crippen LogP contribution in [0.15, 0.2) is 30.6 Å². The summed E-state index contributed by atoms with van der Waals surface area (Å²) in [6.07, 6.45) is 3.28. The van der Waals surface area contributed by atoms with Gasteiger partial charge >= 0.3 is 0 Å². The summed E-state index contributed by atoms with van der Waals surface area (Å²) < 4.78 is 13.9. The van der Waals surface area contributed by atoms with Crippen molar-refractivity contribution in [3.8, 4) is 11.8 Å². The fourth-order valence-electron chi connectivity index (χ4n) is 1.79. The van der Waals surface area contributed by atoms with E-state index in [1.54, 1.807) is 25.4 Å². The first-order valence-electron chi connectivity index (χ1n) is 6.40. The number of amides is 1. The number of aromatic nitrogens is 2. The molecule has 6 heteroatoms. The van der Waals surface area contributed by atoms with Gasteiger partial charge in [-0.15, -0.1) is 0 Å². The van der Waals surface area contributed by atoms with E-state index in [2.05, 4.69) is 27.4 Å². The highest BCUT2D eigenvalue weighted by Gasteiger charge is 2.15. The zero-order valence-corrected chi connectivity index (χ0v) is 11.5. The van der Waals surface area contributed by atoms with Crippen molar-refractivity contribution in [1.82, 2.24) is 15.5 Å². The molecule has 2 rings (SSSR count). The summed E-state index contributed by atoms with van der Waals surface area (Å²) in [7, 11) is 0. The minimum absolute atomic E-state index is 0.0244. The lowest BCUT2D eigenvalue weighted by atomic mass is 10.1. The number of halogens is 1. The Bertz CT molecular complexity index is 685. The van der Waals surface area contributed by atoms with E-state index in [9.17, 15) is 9.18 Å². The Hall–Kier alpha value is -2.65. The van der Waals surface area contributed by atoms with Crippen LogP contribution in [0.25, 0.3) is 0 Å². The van der Waals surface area contributed by atoms with Gasteiger partial charge in [-0.1, -0.05) is 11.8 Å². The number of H-pyrrole nitrogens is 1. The predicted octanol–water partition coefficient (Wildman–Crippen LogP) is 1.35. The van der Waals surface area contributed by atoms with Crippen molar-refractivity contribution in [2.75, 3.05) is 6.54 Å². The van der Waals surface area contributed by atoms with E-state index < -0.39 is 11.7 Å². The Kier molecular flexibility index (Phi) is 4.69. The van der Waals surface area contributed by atoms with Gasteiger partial charge in [0.15, 0.2) is 0 Å². The summed E-state index contributed by atoms with van der Waals surface area (Å²) in [5, 5.41) is 9.17. The SMILES string of the molecule is CC(NC(=O)c1ccc(C#CCN)cc1F)c1cn[nH]c1. The molecule has 1 amide bonds. The molecule has 0 aliphatic heterocycles. The second kappa shape index (κ2) is 6.68. The standard InChI is InChI=1S/C15H15FN4O/c1-10(12-8-18-19-9-12)20-15(21)13-5-4-11(3-2-6-17)7-14(13)16/h4-5,7-10H,6,17H2,1H3,(H,18,19)(H,20,21). The fourth-order valence-corrected chi connectivity index (χ4v) is 1.79. The van der Waals surface area contributed by atoms with Crippen molar-refractivity contribution < 1.29 is 9.18 Å². The van der Waals surface area contributed by atoms with Crippen LogP contribution in [0, 0.1) is 17.7 Å². The highest BCUT2D eigenvalue weighted by Crippen LogP contribution is 2.14. The van der Waals surface area contributed by atoms with Crippen LogP contribution in [0.3, 0.4) is 0 Å².